The highest BCUT2D eigenvalue weighted by Crippen LogP contribution is 2.46. The van der Waals surface area contributed by atoms with Gasteiger partial charge in [-0.2, -0.15) is 5.10 Å². The molecule has 8 heteroatoms. The van der Waals surface area contributed by atoms with Crippen LogP contribution in [0, 0.1) is 6.92 Å². The number of benzene rings is 3. The number of rotatable bonds is 9. The number of phenols is 1. The molecule has 1 aromatic heterocycles. The summed E-state index contributed by atoms with van der Waals surface area (Å²) in [5.74, 6) is 1.01. The van der Waals surface area contributed by atoms with Gasteiger partial charge >= 0.3 is 0 Å². The Morgan fingerprint density at radius 3 is 2.66 bits per heavy atom. The van der Waals surface area contributed by atoms with Crippen LogP contribution < -0.4 is 9.47 Å². The molecule has 1 aliphatic heterocycles. The number of ether oxygens (including phenoxy) is 2. The van der Waals surface area contributed by atoms with E-state index in [0.29, 0.717) is 58.8 Å². The summed E-state index contributed by atoms with van der Waals surface area (Å²) in [7, 11) is 0. The van der Waals surface area contributed by atoms with Gasteiger partial charge in [-0.3, -0.25) is 9.89 Å². The number of aromatic amines is 1. The Hall–Kier alpha value is -4.23. The highest BCUT2D eigenvalue weighted by atomic mass is 35.5. The number of carbonyl (C=O) groups excluding carboxylic acids is 1. The molecule has 38 heavy (non-hydrogen) atoms. The second-order valence-corrected chi connectivity index (χ2v) is 9.45. The maximum absolute atomic E-state index is 13.4. The molecule has 2 N–H and O–H groups in total. The molecule has 3 aromatic carbocycles. The van der Waals surface area contributed by atoms with Gasteiger partial charge in [-0.05, 0) is 54.8 Å². The molecule has 1 amide bonds. The minimum atomic E-state index is -0.494. The number of halogens is 1. The largest absolute Gasteiger partial charge is 0.507 e. The number of hydrogen-bond donors (Lipinski definition) is 2. The molecule has 194 valence electrons. The van der Waals surface area contributed by atoms with Crippen LogP contribution in [0.3, 0.4) is 0 Å². The summed E-state index contributed by atoms with van der Waals surface area (Å²) in [4.78, 5) is 15.1. The number of fused-ring (bicyclic) bond motifs is 1. The number of aromatic hydroxyl groups is 1. The SMILES string of the molecule is C=CCN1C(=O)c2[nH]nc(-c3cc(Cl)c(C)cc3O)c2C1c1ccc(OCc2ccccc2)c(OCC)c1. The van der Waals surface area contributed by atoms with Crippen LogP contribution in [0.4, 0.5) is 0 Å². The predicted molar refractivity (Wildman–Crippen MR) is 147 cm³/mol. The summed E-state index contributed by atoms with van der Waals surface area (Å²) in [5.41, 5.74) is 4.54. The van der Waals surface area contributed by atoms with Gasteiger partial charge in [0, 0.05) is 22.7 Å². The van der Waals surface area contributed by atoms with Gasteiger partial charge in [0.15, 0.2) is 11.5 Å². The Balaban J connectivity index is 1.58. The maximum atomic E-state index is 13.4. The number of aryl methyl sites for hydroxylation is 1. The molecule has 1 atom stereocenters. The second-order valence-electron chi connectivity index (χ2n) is 9.04. The smallest absolute Gasteiger partial charge is 0.273 e. The number of carbonyl (C=O) groups is 1. The summed E-state index contributed by atoms with van der Waals surface area (Å²) in [6.45, 7) is 8.73. The summed E-state index contributed by atoms with van der Waals surface area (Å²) >= 11 is 6.39. The molecule has 1 aliphatic rings. The number of hydrogen-bond acceptors (Lipinski definition) is 5. The third-order valence-corrected chi connectivity index (χ3v) is 6.95. The number of nitrogens with zero attached hydrogens (tertiary/aromatic N) is 2. The molecular weight excluding hydrogens is 502 g/mol. The molecule has 0 fully saturated rings. The number of phenolic OH excluding ortho intramolecular Hbond substituents is 1. The topological polar surface area (TPSA) is 87.7 Å². The minimum absolute atomic E-state index is 0.0363. The Morgan fingerprint density at radius 2 is 1.92 bits per heavy atom. The fraction of sp³-hybridized carbons (Fsp3) is 0.200. The van der Waals surface area contributed by atoms with Gasteiger partial charge in [-0.15, -0.1) is 6.58 Å². The molecule has 0 aliphatic carbocycles. The highest BCUT2D eigenvalue weighted by Gasteiger charge is 2.42. The number of aromatic nitrogens is 2. The van der Waals surface area contributed by atoms with Crippen LogP contribution in [0.25, 0.3) is 11.3 Å². The minimum Gasteiger partial charge on any atom is -0.507 e. The van der Waals surface area contributed by atoms with E-state index < -0.39 is 6.04 Å². The summed E-state index contributed by atoms with van der Waals surface area (Å²) in [6, 6.07) is 18.3. The van der Waals surface area contributed by atoms with E-state index >= 15 is 0 Å². The third-order valence-electron chi connectivity index (χ3n) is 6.54. The maximum Gasteiger partial charge on any atom is 0.273 e. The fourth-order valence-electron chi connectivity index (χ4n) is 4.75. The lowest BCUT2D eigenvalue weighted by Gasteiger charge is -2.26. The lowest BCUT2D eigenvalue weighted by molar-refractivity contribution is 0.0764. The van der Waals surface area contributed by atoms with E-state index in [1.165, 1.54) is 0 Å². The molecular formula is C30H28ClN3O4. The first-order valence-electron chi connectivity index (χ1n) is 12.4. The standard InChI is InChI=1S/C30H28ClN3O4/c1-4-13-34-29(20-11-12-24(25(15-20)37-5-2)38-17-19-9-7-6-8-10-19)26-27(32-33-28(26)30(34)36)21-16-22(31)18(3)14-23(21)35/h4,6-12,14-16,29,35H,1,5,13,17H2,2-3H3,(H,32,33). The van der Waals surface area contributed by atoms with E-state index in [4.69, 9.17) is 21.1 Å². The normalized spacial score (nSPS) is 14.4. The first-order chi connectivity index (χ1) is 18.4. The van der Waals surface area contributed by atoms with E-state index in [1.54, 1.807) is 23.1 Å². The van der Waals surface area contributed by atoms with Crippen molar-refractivity contribution in [3.05, 3.63) is 106 Å². The molecule has 0 spiro atoms. The summed E-state index contributed by atoms with van der Waals surface area (Å²) < 4.78 is 12.0. The quantitative estimate of drug-likeness (QED) is 0.243. The van der Waals surface area contributed by atoms with Crippen molar-refractivity contribution in [3.8, 4) is 28.5 Å². The van der Waals surface area contributed by atoms with Crippen LogP contribution in [0.5, 0.6) is 17.2 Å². The van der Waals surface area contributed by atoms with Crippen LogP contribution >= 0.6 is 11.6 Å². The predicted octanol–water partition coefficient (Wildman–Crippen LogP) is 6.45. The van der Waals surface area contributed by atoms with Crippen LogP contribution in [0.1, 0.15) is 45.7 Å². The molecule has 4 aromatic rings. The molecule has 0 radical (unpaired) electrons. The Kier molecular flexibility index (Phi) is 7.11. The zero-order chi connectivity index (χ0) is 26.8. The van der Waals surface area contributed by atoms with E-state index in [2.05, 4.69) is 16.8 Å². The first kappa shape index (κ1) is 25.4. The molecule has 0 bridgehead atoms. The van der Waals surface area contributed by atoms with E-state index in [1.807, 2.05) is 62.4 Å². The van der Waals surface area contributed by atoms with Gasteiger partial charge in [0.25, 0.3) is 5.91 Å². The Bertz CT molecular complexity index is 1500. The fourth-order valence-corrected chi connectivity index (χ4v) is 4.91. The van der Waals surface area contributed by atoms with Gasteiger partial charge in [-0.25, -0.2) is 0 Å². The zero-order valence-corrected chi connectivity index (χ0v) is 22.0. The summed E-state index contributed by atoms with van der Waals surface area (Å²) in [5, 5.41) is 18.6. The van der Waals surface area contributed by atoms with Crippen molar-refractivity contribution in [1.29, 1.82) is 0 Å². The lowest BCUT2D eigenvalue weighted by Crippen LogP contribution is -2.29. The third kappa shape index (κ3) is 4.61. The van der Waals surface area contributed by atoms with E-state index in [0.717, 1.165) is 16.7 Å². The van der Waals surface area contributed by atoms with Gasteiger partial charge in [0.05, 0.1) is 12.6 Å². The van der Waals surface area contributed by atoms with Gasteiger partial charge in [0.1, 0.15) is 23.7 Å². The number of nitrogens with one attached hydrogen (secondary N) is 1. The van der Waals surface area contributed by atoms with E-state index in [-0.39, 0.29) is 11.7 Å². The van der Waals surface area contributed by atoms with Crippen molar-refractivity contribution < 1.29 is 19.4 Å². The second kappa shape index (κ2) is 10.6. The van der Waals surface area contributed by atoms with E-state index in [9.17, 15) is 9.90 Å². The van der Waals surface area contributed by atoms with Crippen molar-refractivity contribution >= 4 is 17.5 Å². The van der Waals surface area contributed by atoms with Crippen LogP contribution in [-0.4, -0.2) is 39.3 Å². The van der Waals surface area contributed by atoms with Crippen molar-refractivity contribution in [3.63, 3.8) is 0 Å². The van der Waals surface area contributed by atoms with Crippen molar-refractivity contribution in [2.24, 2.45) is 0 Å². The summed E-state index contributed by atoms with van der Waals surface area (Å²) in [6.07, 6.45) is 1.69. The molecule has 2 heterocycles. The Labute approximate surface area is 226 Å². The van der Waals surface area contributed by atoms with Crippen LogP contribution in [0.2, 0.25) is 5.02 Å². The van der Waals surface area contributed by atoms with Gasteiger partial charge in [-0.1, -0.05) is 54.1 Å². The molecule has 0 saturated heterocycles. The Morgan fingerprint density at radius 1 is 1.13 bits per heavy atom. The average Bonchev–Trinajstić information content (AvgIpc) is 3.45. The van der Waals surface area contributed by atoms with Gasteiger partial charge in [0.2, 0.25) is 0 Å². The number of amides is 1. The van der Waals surface area contributed by atoms with Crippen molar-refractivity contribution in [2.45, 2.75) is 26.5 Å². The lowest BCUT2D eigenvalue weighted by atomic mass is 9.95. The molecule has 0 saturated carbocycles. The molecule has 1 unspecified atom stereocenters. The zero-order valence-electron chi connectivity index (χ0n) is 21.2. The molecule has 5 rings (SSSR count). The molecule has 7 nitrogen and oxygen atoms in total. The van der Waals surface area contributed by atoms with Crippen LogP contribution in [0.15, 0.2) is 73.3 Å². The van der Waals surface area contributed by atoms with Crippen molar-refractivity contribution in [2.75, 3.05) is 13.2 Å². The van der Waals surface area contributed by atoms with Crippen molar-refractivity contribution in [1.82, 2.24) is 15.1 Å². The monoisotopic (exact) mass is 529 g/mol. The van der Waals surface area contributed by atoms with Gasteiger partial charge < -0.3 is 19.5 Å². The first-order valence-corrected chi connectivity index (χ1v) is 12.7. The van der Waals surface area contributed by atoms with Crippen LogP contribution in [-0.2, 0) is 6.61 Å². The average molecular weight is 530 g/mol. The highest BCUT2D eigenvalue weighted by molar-refractivity contribution is 6.31. The number of H-pyrrole nitrogens is 1.